The molecule has 0 saturated heterocycles. The minimum Gasteiger partial charge on any atom is -0.497 e. The second kappa shape index (κ2) is 8.11. The summed E-state index contributed by atoms with van der Waals surface area (Å²) < 4.78 is 5.17. The van der Waals surface area contributed by atoms with Crippen molar-refractivity contribution < 1.29 is 14.4 Å². The van der Waals surface area contributed by atoms with Crippen LogP contribution in [-0.2, 0) is 4.84 Å². The van der Waals surface area contributed by atoms with Crippen molar-refractivity contribution in [2.45, 2.75) is 0 Å². The van der Waals surface area contributed by atoms with Crippen LogP contribution >= 0.6 is 23.2 Å². The molecule has 27 heavy (non-hydrogen) atoms. The molecule has 0 spiro atoms. The molecule has 3 N–H and O–H groups in total. The van der Waals surface area contributed by atoms with Gasteiger partial charge in [0.25, 0.3) is 0 Å². The quantitative estimate of drug-likeness (QED) is 0.290. The zero-order valence-corrected chi connectivity index (χ0v) is 15.6. The fourth-order valence-electron chi connectivity index (χ4n) is 2.24. The summed E-state index contributed by atoms with van der Waals surface area (Å²) in [6, 6.07) is 13.5. The van der Waals surface area contributed by atoms with Crippen LogP contribution in [0.25, 0.3) is 11.3 Å². The lowest BCUT2D eigenvalue weighted by Gasteiger charge is -2.03. The van der Waals surface area contributed by atoms with Crippen molar-refractivity contribution in [1.29, 1.82) is 0 Å². The van der Waals surface area contributed by atoms with Crippen LogP contribution in [0.1, 0.15) is 16.1 Å². The van der Waals surface area contributed by atoms with Gasteiger partial charge in [-0.25, -0.2) is 4.79 Å². The highest BCUT2D eigenvalue weighted by molar-refractivity contribution is 6.36. The van der Waals surface area contributed by atoms with Crippen molar-refractivity contribution in [1.82, 2.24) is 10.2 Å². The van der Waals surface area contributed by atoms with Gasteiger partial charge in [0.1, 0.15) is 11.4 Å². The third-order valence-electron chi connectivity index (χ3n) is 3.60. The lowest BCUT2D eigenvalue weighted by Crippen LogP contribution is -2.16. The van der Waals surface area contributed by atoms with Crippen LogP contribution in [0, 0.1) is 0 Å². The van der Waals surface area contributed by atoms with Crippen LogP contribution < -0.4 is 10.5 Å². The first kappa shape index (κ1) is 18.8. The molecule has 2 aromatic carbocycles. The fraction of sp³-hybridized carbons (Fsp3) is 0.0556. The lowest BCUT2D eigenvalue weighted by atomic mass is 10.1. The number of amidine groups is 1. The molecule has 0 fully saturated rings. The van der Waals surface area contributed by atoms with E-state index in [1.54, 1.807) is 25.3 Å². The van der Waals surface area contributed by atoms with Gasteiger partial charge in [-0.15, -0.1) is 0 Å². The Labute approximate surface area is 164 Å². The van der Waals surface area contributed by atoms with E-state index >= 15 is 0 Å². The topological polar surface area (TPSA) is 103 Å². The van der Waals surface area contributed by atoms with Gasteiger partial charge in [-0.1, -0.05) is 40.5 Å². The summed E-state index contributed by atoms with van der Waals surface area (Å²) in [7, 11) is 1.57. The Morgan fingerprint density at radius 1 is 1.19 bits per heavy atom. The molecule has 1 heterocycles. The number of nitrogens with zero attached hydrogens (tertiary/aromatic N) is 2. The Bertz CT molecular complexity index is 1020. The van der Waals surface area contributed by atoms with Crippen LogP contribution in [0.4, 0.5) is 0 Å². The molecule has 0 atom stereocenters. The predicted octanol–water partition coefficient (Wildman–Crippen LogP) is 3.87. The first-order valence-electron chi connectivity index (χ1n) is 7.68. The third kappa shape index (κ3) is 4.39. The Hall–Kier alpha value is -3.03. The maximum absolute atomic E-state index is 12.2. The van der Waals surface area contributed by atoms with E-state index in [1.807, 2.05) is 18.2 Å². The van der Waals surface area contributed by atoms with Gasteiger partial charge in [0.2, 0.25) is 0 Å². The molecule has 0 aliphatic carbocycles. The van der Waals surface area contributed by atoms with E-state index in [-0.39, 0.29) is 11.5 Å². The molecule has 0 unspecified atom stereocenters. The van der Waals surface area contributed by atoms with E-state index in [1.165, 1.54) is 12.1 Å². The Morgan fingerprint density at radius 3 is 2.74 bits per heavy atom. The van der Waals surface area contributed by atoms with Gasteiger partial charge in [0.15, 0.2) is 5.84 Å². The Kier molecular flexibility index (Phi) is 5.63. The smallest absolute Gasteiger partial charge is 0.383 e. The predicted molar refractivity (Wildman–Crippen MR) is 103 cm³/mol. The average Bonchev–Trinajstić information content (AvgIpc) is 3.16. The van der Waals surface area contributed by atoms with E-state index in [0.717, 1.165) is 5.56 Å². The van der Waals surface area contributed by atoms with Crippen molar-refractivity contribution in [3.8, 4) is 17.0 Å². The first-order valence-corrected chi connectivity index (χ1v) is 8.43. The van der Waals surface area contributed by atoms with Crippen LogP contribution in [0.2, 0.25) is 10.0 Å². The zero-order chi connectivity index (χ0) is 19.4. The number of methoxy groups -OCH3 is 1. The van der Waals surface area contributed by atoms with E-state index in [2.05, 4.69) is 15.4 Å². The zero-order valence-electron chi connectivity index (χ0n) is 14.1. The molecule has 9 heteroatoms. The molecular weight excluding hydrogens is 391 g/mol. The van der Waals surface area contributed by atoms with Gasteiger partial charge in [-0.3, -0.25) is 5.10 Å². The maximum Gasteiger partial charge on any atom is 0.383 e. The second-order valence-corrected chi connectivity index (χ2v) is 6.22. The van der Waals surface area contributed by atoms with Gasteiger partial charge >= 0.3 is 5.97 Å². The van der Waals surface area contributed by atoms with Gasteiger partial charge in [-0.05, 0) is 36.4 Å². The number of hydrogen-bond acceptors (Lipinski definition) is 5. The monoisotopic (exact) mass is 404 g/mol. The molecule has 0 aliphatic rings. The van der Waals surface area contributed by atoms with Crippen molar-refractivity contribution >= 4 is 35.0 Å². The van der Waals surface area contributed by atoms with Crippen molar-refractivity contribution in [2.24, 2.45) is 10.9 Å². The van der Waals surface area contributed by atoms with E-state index < -0.39 is 5.97 Å². The maximum atomic E-state index is 12.2. The standard InChI is InChI=1S/C18H14Cl2N4O3/c1-26-12-4-2-3-10(7-12)15-9-16(23-22-15)18(25)27-24-17(21)13-6-5-11(19)8-14(13)20/h2-9H,1H3,(H2,21,24)(H,22,23). The SMILES string of the molecule is COc1cccc(-c2cc(C(=O)O/N=C(\N)c3ccc(Cl)cc3Cl)[nH]n2)c1. The van der Waals surface area contributed by atoms with Gasteiger partial charge < -0.3 is 15.3 Å². The first-order chi connectivity index (χ1) is 13.0. The molecular formula is C18H14Cl2N4O3. The second-order valence-electron chi connectivity index (χ2n) is 5.38. The van der Waals surface area contributed by atoms with E-state index in [4.69, 9.17) is 38.5 Å². The van der Waals surface area contributed by atoms with Crippen molar-refractivity contribution in [3.05, 3.63) is 69.8 Å². The van der Waals surface area contributed by atoms with E-state index in [9.17, 15) is 4.79 Å². The van der Waals surface area contributed by atoms with Gasteiger partial charge in [0, 0.05) is 16.1 Å². The van der Waals surface area contributed by atoms with Crippen LogP contribution in [0.15, 0.2) is 53.7 Å². The molecule has 7 nitrogen and oxygen atoms in total. The summed E-state index contributed by atoms with van der Waals surface area (Å²) in [5.41, 5.74) is 7.65. The minimum absolute atomic E-state index is 0.0578. The van der Waals surface area contributed by atoms with Crippen LogP contribution in [0.3, 0.4) is 0 Å². The summed E-state index contributed by atoms with van der Waals surface area (Å²) in [6.07, 6.45) is 0. The van der Waals surface area contributed by atoms with Crippen molar-refractivity contribution in [3.63, 3.8) is 0 Å². The Balaban J connectivity index is 1.74. The number of benzene rings is 2. The molecule has 138 valence electrons. The average molecular weight is 405 g/mol. The summed E-state index contributed by atoms with van der Waals surface area (Å²) in [5.74, 6) is -0.126. The summed E-state index contributed by atoms with van der Waals surface area (Å²) in [6.45, 7) is 0. The summed E-state index contributed by atoms with van der Waals surface area (Å²) in [5, 5.41) is 11.1. The molecule has 3 rings (SSSR count). The number of hydrogen-bond donors (Lipinski definition) is 2. The number of rotatable bonds is 5. The van der Waals surface area contributed by atoms with Crippen molar-refractivity contribution in [2.75, 3.05) is 7.11 Å². The highest BCUT2D eigenvalue weighted by atomic mass is 35.5. The third-order valence-corrected chi connectivity index (χ3v) is 4.15. The van der Waals surface area contributed by atoms with Crippen LogP contribution in [-0.4, -0.2) is 29.1 Å². The van der Waals surface area contributed by atoms with E-state index in [0.29, 0.717) is 27.1 Å². The Morgan fingerprint density at radius 2 is 2.00 bits per heavy atom. The number of nitrogens with one attached hydrogen (secondary N) is 1. The highest BCUT2D eigenvalue weighted by Gasteiger charge is 2.14. The molecule has 1 aromatic heterocycles. The largest absolute Gasteiger partial charge is 0.497 e. The number of carbonyl (C=O) groups excluding carboxylic acids is 1. The molecule has 3 aromatic rings. The number of aromatic amines is 1. The molecule has 0 radical (unpaired) electrons. The molecule has 0 amide bonds. The normalized spacial score (nSPS) is 11.3. The fourth-order valence-corrected chi connectivity index (χ4v) is 2.75. The number of carbonyl (C=O) groups is 1. The number of oxime groups is 1. The number of ether oxygens (including phenoxy) is 1. The molecule has 0 aliphatic heterocycles. The molecule has 0 saturated carbocycles. The van der Waals surface area contributed by atoms with Gasteiger partial charge in [-0.2, -0.15) is 5.10 Å². The summed E-state index contributed by atoms with van der Waals surface area (Å²) >= 11 is 11.9. The number of halogens is 2. The summed E-state index contributed by atoms with van der Waals surface area (Å²) in [4.78, 5) is 17.0. The number of nitrogens with two attached hydrogens (primary N) is 1. The number of H-pyrrole nitrogens is 1. The number of aromatic nitrogens is 2. The molecule has 0 bridgehead atoms. The van der Waals surface area contributed by atoms with Crippen LogP contribution in [0.5, 0.6) is 5.75 Å². The lowest BCUT2D eigenvalue weighted by molar-refractivity contribution is 0.0509. The van der Waals surface area contributed by atoms with Gasteiger partial charge in [0.05, 0.1) is 17.8 Å². The minimum atomic E-state index is -0.746. The highest BCUT2D eigenvalue weighted by Crippen LogP contribution is 2.23.